The number of hydrogen-bond acceptors (Lipinski definition) is 8. The molecular weight excluding hydrogens is 568 g/mol. The first-order valence-corrected chi connectivity index (χ1v) is 14.2. The maximum Gasteiger partial charge on any atom is 0.255 e. The second-order valence-electron chi connectivity index (χ2n) is 11.4. The number of aromatic hydroxyl groups is 1. The van der Waals surface area contributed by atoms with Gasteiger partial charge in [0.1, 0.15) is 17.1 Å². The van der Waals surface area contributed by atoms with Gasteiger partial charge in [-0.2, -0.15) is 0 Å². The van der Waals surface area contributed by atoms with Crippen LogP contribution in [0.2, 0.25) is 0 Å². The monoisotopic (exact) mass is 598 g/mol. The van der Waals surface area contributed by atoms with E-state index in [1.807, 2.05) is 61.5 Å². The average Bonchev–Trinajstić information content (AvgIpc) is 2.93. The summed E-state index contributed by atoms with van der Waals surface area (Å²) in [7, 11) is 3.64. The minimum Gasteiger partial charge on any atom is -0.511 e. The van der Waals surface area contributed by atoms with E-state index in [1.54, 1.807) is 6.07 Å². The highest BCUT2D eigenvalue weighted by Gasteiger charge is 2.50. The Morgan fingerprint density at radius 3 is 2.42 bits per heavy atom. The summed E-state index contributed by atoms with van der Waals surface area (Å²) in [6.45, 7) is 0. The number of phenolic OH excluding ortho intramolecular Hbond substituents is 1. The third-order valence-corrected chi connectivity index (χ3v) is 8.83. The number of Topliss-reactive ketones (excluding diaryl/α,β-unsaturated/α-hetero) is 2. The van der Waals surface area contributed by atoms with Crippen LogP contribution in [0.4, 0.5) is 17.1 Å². The number of phenols is 1. The third kappa shape index (κ3) is 4.56. The topological polar surface area (TPSA) is 165 Å². The zero-order valence-electron chi connectivity index (χ0n) is 23.5. The van der Waals surface area contributed by atoms with Crippen LogP contribution in [0, 0.1) is 17.8 Å². The first-order valence-electron chi connectivity index (χ1n) is 13.8. The van der Waals surface area contributed by atoms with Crippen LogP contribution in [0.25, 0.3) is 10.8 Å². The van der Waals surface area contributed by atoms with Crippen LogP contribution in [-0.4, -0.2) is 52.0 Å². The second-order valence-corrected chi connectivity index (χ2v) is 11.8. The number of aliphatic hydroxyl groups is 2. The number of nitrogens with zero attached hydrogens (tertiary/aromatic N) is 1. The lowest BCUT2D eigenvalue weighted by Crippen LogP contribution is -2.43. The van der Waals surface area contributed by atoms with Crippen molar-refractivity contribution >= 4 is 62.6 Å². The van der Waals surface area contributed by atoms with Crippen molar-refractivity contribution < 1.29 is 29.7 Å². The Kier molecular flexibility index (Phi) is 6.84. The molecule has 0 aliphatic heterocycles. The molecule has 3 aliphatic rings. The molecule has 0 bridgehead atoms. The van der Waals surface area contributed by atoms with Crippen LogP contribution in [0.1, 0.15) is 28.8 Å². The summed E-state index contributed by atoms with van der Waals surface area (Å²) in [5.74, 6) is -5.80. The fourth-order valence-electron chi connectivity index (χ4n) is 6.79. The van der Waals surface area contributed by atoms with Gasteiger partial charge >= 0.3 is 0 Å². The maximum absolute atomic E-state index is 14.1. The first kappa shape index (κ1) is 28.2. The summed E-state index contributed by atoms with van der Waals surface area (Å²) in [6, 6.07) is 15.3. The van der Waals surface area contributed by atoms with E-state index in [1.165, 1.54) is 0 Å². The number of carbonyl (C=O) groups excluding carboxylic acids is 3. The van der Waals surface area contributed by atoms with E-state index in [2.05, 4.69) is 10.6 Å². The zero-order valence-corrected chi connectivity index (χ0v) is 24.3. The summed E-state index contributed by atoms with van der Waals surface area (Å²) in [5.41, 5.74) is 7.06. The van der Waals surface area contributed by atoms with Crippen molar-refractivity contribution in [1.82, 2.24) is 0 Å². The van der Waals surface area contributed by atoms with Crippen LogP contribution in [0.3, 0.4) is 0 Å². The van der Waals surface area contributed by atoms with E-state index in [9.17, 15) is 29.7 Å². The molecule has 220 valence electrons. The predicted octanol–water partition coefficient (Wildman–Crippen LogP) is 4.49. The van der Waals surface area contributed by atoms with Gasteiger partial charge in [0.25, 0.3) is 5.91 Å². The molecule has 0 heterocycles. The van der Waals surface area contributed by atoms with Crippen LogP contribution in [0.15, 0.2) is 71.2 Å². The van der Waals surface area contributed by atoms with Gasteiger partial charge in [-0.15, -0.1) is 0 Å². The molecule has 1 unspecified atom stereocenters. The van der Waals surface area contributed by atoms with Gasteiger partial charge in [-0.05, 0) is 60.0 Å². The molecule has 0 fully saturated rings. The Labute approximate surface area is 252 Å². The Morgan fingerprint density at radius 1 is 1.00 bits per heavy atom. The van der Waals surface area contributed by atoms with Gasteiger partial charge in [0.2, 0.25) is 0 Å². The molecule has 43 heavy (non-hydrogen) atoms. The number of rotatable bonds is 4. The molecular formula is C32H30N4O6S. The Bertz CT molecular complexity index is 1820. The highest BCUT2D eigenvalue weighted by Crippen LogP contribution is 2.51. The van der Waals surface area contributed by atoms with Crippen LogP contribution < -0.4 is 21.3 Å². The van der Waals surface area contributed by atoms with Gasteiger partial charge in [0.05, 0.1) is 17.2 Å². The molecule has 0 radical (unpaired) electrons. The molecule has 3 aliphatic carbocycles. The Hall–Kier alpha value is -4.90. The normalized spacial score (nSPS) is 21.2. The standard InChI is InChI=1S/C32H30N4O6S/c1-36(2)21-13-20(35-32(43)34-19-9-5-7-14-6-3-4-8-17(14)19)27(38)25-18(21)11-15-10-16-12-22(37)26(31(33)42)30(41)24(16)28(39)23(15)29(25)40/h3-9,13,15-16,24,37-39H,10-12H2,1-2H3,(H2,33,42)(H2,34,35,43)/t15-,16+,24?/m1/s1. The largest absolute Gasteiger partial charge is 0.511 e. The van der Waals surface area contributed by atoms with E-state index >= 15 is 0 Å². The van der Waals surface area contributed by atoms with Crippen LogP contribution >= 0.6 is 12.2 Å². The number of fused-ring (bicyclic) bond motifs is 4. The number of nitrogens with two attached hydrogens (primary N) is 1. The van der Waals surface area contributed by atoms with Crippen molar-refractivity contribution in [2.45, 2.75) is 19.3 Å². The number of amides is 1. The number of thiocarbonyl (C=S) groups is 1. The number of hydrogen-bond donors (Lipinski definition) is 6. The molecule has 3 atom stereocenters. The fraction of sp³-hybridized carbons (Fsp3) is 0.250. The van der Waals surface area contributed by atoms with Gasteiger partial charge in [0.15, 0.2) is 22.4 Å². The van der Waals surface area contributed by atoms with E-state index in [4.69, 9.17) is 18.0 Å². The minimum absolute atomic E-state index is 0.00897. The van der Waals surface area contributed by atoms with E-state index in [0.29, 0.717) is 24.1 Å². The van der Waals surface area contributed by atoms with Crippen LogP contribution in [-0.2, 0) is 16.0 Å². The predicted molar refractivity (Wildman–Crippen MR) is 167 cm³/mol. The third-order valence-electron chi connectivity index (χ3n) is 8.63. The molecule has 1 amide bonds. The highest BCUT2D eigenvalue weighted by molar-refractivity contribution is 7.80. The van der Waals surface area contributed by atoms with Crippen molar-refractivity contribution in [1.29, 1.82) is 0 Å². The lowest BCUT2D eigenvalue weighted by molar-refractivity contribution is -0.126. The van der Waals surface area contributed by atoms with E-state index < -0.39 is 52.3 Å². The molecule has 3 aromatic rings. The van der Waals surface area contributed by atoms with E-state index in [-0.39, 0.29) is 34.1 Å². The Balaban J connectivity index is 1.38. The molecule has 10 nitrogen and oxygen atoms in total. The molecule has 0 aromatic heterocycles. The van der Waals surface area contributed by atoms with Gasteiger partial charge in [0, 0.05) is 42.9 Å². The summed E-state index contributed by atoms with van der Waals surface area (Å²) < 4.78 is 0. The smallest absolute Gasteiger partial charge is 0.255 e. The van der Waals surface area contributed by atoms with Gasteiger partial charge in [-0.25, -0.2) is 0 Å². The van der Waals surface area contributed by atoms with Crippen molar-refractivity contribution in [3.63, 3.8) is 0 Å². The fourth-order valence-corrected chi connectivity index (χ4v) is 7.01. The quantitative estimate of drug-likeness (QED) is 0.143. The number of nitrogens with one attached hydrogen (secondary N) is 2. The summed E-state index contributed by atoms with van der Waals surface area (Å²) >= 11 is 5.58. The molecule has 7 N–H and O–H groups in total. The number of carbonyl (C=O) groups is 3. The molecule has 3 aromatic carbocycles. The molecule has 11 heteroatoms. The lowest BCUT2D eigenvalue weighted by Gasteiger charge is -2.41. The van der Waals surface area contributed by atoms with Crippen molar-refractivity contribution in [2.24, 2.45) is 23.5 Å². The maximum atomic E-state index is 14.1. The summed E-state index contributed by atoms with van der Waals surface area (Å²) in [6.07, 6.45) is 0.619. The van der Waals surface area contributed by atoms with Crippen molar-refractivity contribution in [3.8, 4) is 5.75 Å². The average molecular weight is 599 g/mol. The highest BCUT2D eigenvalue weighted by atomic mass is 32.1. The van der Waals surface area contributed by atoms with Crippen LogP contribution in [0.5, 0.6) is 5.75 Å². The minimum atomic E-state index is -1.18. The zero-order chi connectivity index (χ0) is 30.7. The number of aliphatic hydroxyl groups excluding tert-OH is 2. The SMILES string of the molecule is CN(C)c1cc(NC(=S)Nc2cccc3ccccc23)c(O)c2c1C[C@H]1C[C@H]3CC(O)=C(C(N)=O)C(=O)C3C(O)=C1C2=O. The van der Waals surface area contributed by atoms with Gasteiger partial charge in [-0.1, -0.05) is 36.4 Å². The lowest BCUT2D eigenvalue weighted by atomic mass is 9.62. The first-order chi connectivity index (χ1) is 20.5. The number of primary amides is 1. The molecule has 0 spiro atoms. The second kappa shape index (κ2) is 10.4. The van der Waals surface area contributed by atoms with E-state index in [0.717, 1.165) is 16.5 Å². The van der Waals surface area contributed by atoms with Crippen molar-refractivity contribution in [2.75, 3.05) is 29.6 Å². The van der Waals surface area contributed by atoms with Gasteiger partial charge < -0.3 is 36.6 Å². The molecule has 0 saturated carbocycles. The molecule has 0 saturated heterocycles. The number of anilines is 3. The number of ketones is 2. The van der Waals surface area contributed by atoms with Crippen molar-refractivity contribution in [3.05, 3.63) is 82.3 Å². The Morgan fingerprint density at radius 2 is 1.70 bits per heavy atom. The number of benzene rings is 3. The summed E-state index contributed by atoms with van der Waals surface area (Å²) in [5, 5.41) is 41.5. The summed E-state index contributed by atoms with van der Waals surface area (Å²) in [4.78, 5) is 40.9. The number of allylic oxidation sites excluding steroid dienone is 3. The molecule has 6 rings (SSSR count). The van der Waals surface area contributed by atoms with Gasteiger partial charge in [-0.3, -0.25) is 14.4 Å².